The summed E-state index contributed by atoms with van der Waals surface area (Å²) in [5.41, 5.74) is 3.16. The van der Waals surface area contributed by atoms with Crippen molar-refractivity contribution in [2.75, 3.05) is 6.61 Å². The summed E-state index contributed by atoms with van der Waals surface area (Å²) >= 11 is 1.61. The Bertz CT molecular complexity index is 546. The molecular formula is C11H10N4OS. The molecule has 0 bridgehead atoms. The van der Waals surface area contributed by atoms with Crippen LogP contribution in [0.3, 0.4) is 0 Å². The van der Waals surface area contributed by atoms with Crippen LogP contribution >= 0.6 is 11.3 Å². The molecule has 0 aliphatic heterocycles. The highest BCUT2D eigenvalue weighted by atomic mass is 32.1. The van der Waals surface area contributed by atoms with Crippen LogP contribution in [0.4, 0.5) is 0 Å². The maximum atomic E-state index is 8.67. The quantitative estimate of drug-likeness (QED) is 0.821. The molecule has 0 unspecified atom stereocenters. The number of aryl methyl sites for hydroxylation is 1. The van der Waals surface area contributed by atoms with Crippen LogP contribution in [0.2, 0.25) is 0 Å². The molecule has 0 radical (unpaired) electrons. The van der Waals surface area contributed by atoms with Crippen molar-refractivity contribution >= 4 is 11.3 Å². The minimum atomic E-state index is 0.242. The highest BCUT2D eigenvalue weighted by Gasteiger charge is 2.03. The maximum absolute atomic E-state index is 8.67. The second-order valence-electron chi connectivity index (χ2n) is 3.30. The summed E-state index contributed by atoms with van der Waals surface area (Å²) in [6.45, 7) is 2.45. The monoisotopic (exact) mass is 246 g/mol. The van der Waals surface area contributed by atoms with Crippen LogP contribution in [-0.4, -0.2) is 21.6 Å². The summed E-state index contributed by atoms with van der Waals surface area (Å²) in [6.07, 6.45) is 2.29. The molecule has 86 valence electrons. The number of nitriles is 1. The SMILES string of the molecule is Cc1ncsc1CCOc1nccc(C#N)n1. The Balaban J connectivity index is 1.90. The molecule has 0 saturated carbocycles. The van der Waals surface area contributed by atoms with Crippen molar-refractivity contribution in [2.24, 2.45) is 0 Å². The van der Waals surface area contributed by atoms with Gasteiger partial charge in [0.15, 0.2) is 0 Å². The topological polar surface area (TPSA) is 71.7 Å². The van der Waals surface area contributed by atoms with Gasteiger partial charge in [-0.2, -0.15) is 10.2 Å². The lowest BCUT2D eigenvalue weighted by atomic mass is 10.3. The van der Waals surface area contributed by atoms with E-state index in [0.29, 0.717) is 12.3 Å². The summed E-state index contributed by atoms with van der Waals surface area (Å²) in [4.78, 5) is 13.2. The molecule has 2 heterocycles. The zero-order valence-corrected chi connectivity index (χ0v) is 10.1. The lowest BCUT2D eigenvalue weighted by Crippen LogP contribution is -2.04. The Labute approximate surface area is 103 Å². The van der Waals surface area contributed by atoms with E-state index in [1.165, 1.54) is 11.1 Å². The second-order valence-corrected chi connectivity index (χ2v) is 4.23. The molecule has 5 nitrogen and oxygen atoms in total. The van der Waals surface area contributed by atoms with Crippen LogP contribution in [0.15, 0.2) is 17.8 Å². The van der Waals surface area contributed by atoms with Gasteiger partial charge in [-0.25, -0.2) is 9.97 Å². The first-order valence-electron chi connectivity index (χ1n) is 5.04. The first-order valence-corrected chi connectivity index (χ1v) is 5.92. The zero-order valence-electron chi connectivity index (χ0n) is 9.25. The molecular weight excluding hydrogens is 236 g/mol. The van der Waals surface area contributed by atoms with Crippen molar-refractivity contribution in [3.05, 3.63) is 34.0 Å². The molecule has 2 aromatic rings. The summed E-state index contributed by atoms with van der Waals surface area (Å²) in [6, 6.07) is 3.73. The molecule has 0 aliphatic rings. The van der Waals surface area contributed by atoms with Crippen LogP contribution in [0.1, 0.15) is 16.3 Å². The van der Waals surface area contributed by atoms with E-state index in [2.05, 4.69) is 15.0 Å². The number of thiazole rings is 1. The van der Waals surface area contributed by atoms with Crippen molar-refractivity contribution in [3.63, 3.8) is 0 Å². The number of hydrogen-bond acceptors (Lipinski definition) is 6. The van der Waals surface area contributed by atoms with Crippen LogP contribution in [0, 0.1) is 18.3 Å². The second kappa shape index (κ2) is 5.37. The molecule has 6 heteroatoms. The average Bonchev–Trinajstić information content (AvgIpc) is 2.76. The van der Waals surface area contributed by atoms with Gasteiger partial charge in [0.2, 0.25) is 0 Å². The lowest BCUT2D eigenvalue weighted by Gasteiger charge is -2.03. The van der Waals surface area contributed by atoms with Crippen molar-refractivity contribution < 1.29 is 4.74 Å². The fourth-order valence-electron chi connectivity index (χ4n) is 1.27. The van der Waals surface area contributed by atoms with E-state index in [0.717, 1.165) is 12.1 Å². The van der Waals surface area contributed by atoms with Crippen molar-refractivity contribution in [2.45, 2.75) is 13.3 Å². The van der Waals surface area contributed by atoms with E-state index in [1.54, 1.807) is 17.4 Å². The van der Waals surface area contributed by atoms with Crippen LogP contribution < -0.4 is 4.74 Å². The van der Waals surface area contributed by atoms with Gasteiger partial charge in [0.25, 0.3) is 0 Å². The summed E-state index contributed by atoms with van der Waals surface area (Å²) in [7, 11) is 0. The minimum Gasteiger partial charge on any atom is -0.463 e. The number of hydrogen-bond donors (Lipinski definition) is 0. The highest BCUT2D eigenvalue weighted by Crippen LogP contribution is 2.13. The third-order valence-electron chi connectivity index (χ3n) is 2.15. The van der Waals surface area contributed by atoms with Gasteiger partial charge in [0, 0.05) is 17.5 Å². The van der Waals surface area contributed by atoms with Crippen molar-refractivity contribution in [3.8, 4) is 12.1 Å². The van der Waals surface area contributed by atoms with E-state index in [1.807, 2.05) is 18.5 Å². The molecule has 0 amide bonds. The number of ether oxygens (including phenoxy) is 1. The Morgan fingerprint density at radius 3 is 3.06 bits per heavy atom. The van der Waals surface area contributed by atoms with Gasteiger partial charge < -0.3 is 4.74 Å². The largest absolute Gasteiger partial charge is 0.463 e. The van der Waals surface area contributed by atoms with Crippen molar-refractivity contribution in [1.29, 1.82) is 5.26 Å². The standard InChI is InChI=1S/C11H10N4OS/c1-8-10(17-7-14-8)3-5-16-11-13-4-2-9(6-12)15-11/h2,4,7H,3,5H2,1H3. The molecule has 2 aromatic heterocycles. The Morgan fingerprint density at radius 1 is 1.47 bits per heavy atom. The van der Waals surface area contributed by atoms with Gasteiger partial charge in [-0.15, -0.1) is 11.3 Å². The summed E-state index contributed by atoms with van der Waals surface area (Å²) < 4.78 is 5.38. The first kappa shape index (κ1) is 11.5. The van der Waals surface area contributed by atoms with E-state index >= 15 is 0 Å². The Kier molecular flexibility index (Phi) is 3.62. The predicted molar refractivity (Wildman–Crippen MR) is 62.8 cm³/mol. The molecule has 2 rings (SSSR count). The molecule has 0 atom stereocenters. The minimum absolute atomic E-state index is 0.242. The Morgan fingerprint density at radius 2 is 2.35 bits per heavy atom. The molecule has 0 aromatic carbocycles. The first-order chi connectivity index (χ1) is 8.29. The molecule has 0 aliphatic carbocycles. The predicted octanol–water partition coefficient (Wildman–Crippen LogP) is 1.73. The lowest BCUT2D eigenvalue weighted by molar-refractivity contribution is 0.296. The molecule has 0 spiro atoms. The normalized spacial score (nSPS) is 9.88. The average molecular weight is 246 g/mol. The van der Waals surface area contributed by atoms with Gasteiger partial charge in [0.1, 0.15) is 11.8 Å². The van der Waals surface area contributed by atoms with Crippen LogP contribution in [-0.2, 0) is 6.42 Å². The highest BCUT2D eigenvalue weighted by molar-refractivity contribution is 7.09. The molecule has 0 fully saturated rings. The van der Waals surface area contributed by atoms with Gasteiger partial charge >= 0.3 is 6.01 Å². The van der Waals surface area contributed by atoms with Gasteiger partial charge in [-0.3, -0.25) is 0 Å². The van der Waals surface area contributed by atoms with Crippen molar-refractivity contribution in [1.82, 2.24) is 15.0 Å². The Hall–Kier alpha value is -2.00. The number of aromatic nitrogens is 3. The van der Waals surface area contributed by atoms with Gasteiger partial charge in [-0.05, 0) is 13.0 Å². The fourth-order valence-corrected chi connectivity index (χ4v) is 2.04. The fraction of sp³-hybridized carbons (Fsp3) is 0.273. The third kappa shape index (κ3) is 2.98. The smallest absolute Gasteiger partial charge is 0.317 e. The number of nitrogens with zero attached hydrogens (tertiary/aromatic N) is 4. The van der Waals surface area contributed by atoms with E-state index in [-0.39, 0.29) is 6.01 Å². The van der Waals surface area contributed by atoms with E-state index in [9.17, 15) is 0 Å². The van der Waals surface area contributed by atoms with E-state index < -0.39 is 0 Å². The zero-order chi connectivity index (χ0) is 12.1. The maximum Gasteiger partial charge on any atom is 0.317 e. The van der Waals surface area contributed by atoms with E-state index in [4.69, 9.17) is 10.00 Å². The third-order valence-corrected chi connectivity index (χ3v) is 3.15. The summed E-state index contributed by atoms with van der Waals surface area (Å²) in [5.74, 6) is 0. The molecule has 0 saturated heterocycles. The molecule has 17 heavy (non-hydrogen) atoms. The summed E-state index contributed by atoms with van der Waals surface area (Å²) in [5, 5.41) is 8.67. The van der Waals surface area contributed by atoms with Gasteiger partial charge in [-0.1, -0.05) is 0 Å². The van der Waals surface area contributed by atoms with Crippen LogP contribution in [0.5, 0.6) is 6.01 Å². The van der Waals surface area contributed by atoms with Crippen LogP contribution in [0.25, 0.3) is 0 Å². The molecule has 0 N–H and O–H groups in total. The number of rotatable bonds is 4. The van der Waals surface area contributed by atoms with Gasteiger partial charge in [0.05, 0.1) is 17.8 Å².